The van der Waals surface area contributed by atoms with Crippen molar-refractivity contribution in [3.8, 4) is 0 Å². The fourth-order valence-electron chi connectivity index (χ4n) is 1.91. The lowest BCUT2D eigenvalue weighted by Crippen LogP contribution is -2.52. The monoisotopic (exact) mass is 263 g/mol. The van der Waals surface area contributed by atoms with Gasteiger partial charge in [0.15, 0.2) is 0 Å². The number of amides is 1. The lowest BCUT2D eigenvalue weighted by molar-refractivity contribution is -0.119. The van der Waals surface area contributed by atoms with Gasteiger partial charge in [-0.25, -0.2) is 10.4 Å². The molecule has 1 atom stereocenters. The van der Waals surface area contributed by atoms with Crippen molar-refractivity contribution in [2.75, 3.05) is 31.6 Å². The molecule has 1 amide bonds. The van der Waals surface area contributed by atoms with E-state index in [1.807, 2.05) is 43.1 Å². The fourth-order valence-corrected chi connectivity index (χ4v) is 1.91. The van der Waals surface area contributed by atoms with Gasteiger partial charge in [-0.1, -0.05) is 17.7 Å². The number of hydrogen-bond acceptors (Lipinski definition) is 4. The second-order valence-corrected chi connectivity index (χ2v) is 4.81. The van der Waals surface area contributed by atoms with Gasteiger partial charge < -0.3 is 10.1 Å². The summed E-state index contributed by atoms with van der Waals surface area (Å²) < 4.78 is 5.27. The molecule has 1 saturated heterocycles. The summed E-state index contributed by atoms with van der Waals surface area (Å²) in [4.78, 5) is 12.0. The highest BCUT2D eigenvalue weighted by atomic mass is 16.5. The molecular weight excluding hydrogens is 242 g/mol. The number of hydrazine groups is 1. The SMILES string of the molecule is Cc1ccc(NC(=O)C(C)NN2CCOCC2)cc1. The van der Waals surface area contributed by atoms with Crippen LogP contribution < -0.4 is 10.7 Å². The number of benzene rings is 1. The summed E-state index contributed by atoms with van der Waals surface area (Å²) in [5.41, 5.74) is 5.19. The summed E-state index contributed by atoms with van der Waals surface area (Å²) in [6, 6.07) is 7.52. The van der Waals surface area contributed by atoms with Crippen LogP contribution in [0.15, 0.2) is 24.3 Å². The molecule has 2 N–H and O–H groups in total. The molecule has 1 aromatic carbocycles. The van der Waals surface area contributed by atoms with E-state index in [1.165, 1.54) is 5.56 Å². The Hall–Kier alpha value is -1.43. The van der Waals surface area contributed by atoms with Crippen molar-refractivity contribution in [3.05, 3.63) is 29.8 Å². The van der Waals surface area contributed by atoms with E-state index in [1.54, 1.807) is 0 Å². The van der Waals surface area contributed by atoms with Crippen molar-refractivity contribution in [2.24, 2.45) is 0 Å². The van der Waals surface area contributed by atoms with Crippen LogP contribution in [0.5, 0.6) is 0 Å². The number of rotatable bonds is 4. The molecule has 0 radical (unpaired) electrons. The Labute approximate surface area is 113 Å². The van der Waals surface area contributed by atoms with Gasteiger partial charge in [0.25, 0.3) is 0 Å². The van der Waals surface area contributed by atoms with E-state index in [0.29, 0.717) is 13.2 Å². The second-order valence-electron chi connectivity index (χ2n) is 4.81. The average Bonchev–Trinajstić information content (AvgIpc) is 2.42. The van der Waals surface area contributed by atoms with E-state index in [0.717, 1.165) is 18.8 Å². The predicted molar refractivity (Wildman–Crippen MR) is 74.8 cm³/mol. The number of carbonyl (C=O) groups excluding carboxylic acids is 1. The van der Waals surface area contributed by atoms with Gasteiger partial charge in [-0.2, -0.15) is 0 Å². The van der Waals surface area contributed by atoms with Gasteiger partial charge in [0.2, 0.25) is 5.91 Å². The third-order valence-corrected chi connectivity index (χ3v) is 3.10. The van der Waals surface area contributed by atoms with Crippen molar-refractivity contribution in [1.82, 2.24) is 10.4 Å². The van der Waals surface area contributed by atoms with Crippen molar-refractivity contribution in [1.29, 1.82) is 0 Å². The van der Waals surface area contributed by atoms with Gasteiger partial charge in [0, 0.05) is 18.8 Å². The summed E-state index contributed by atoms with van der Waals surface area (Å²) in [6.07, 6.45) is 0. The Morgan fingerprint density at radius 1 is 1.26 bits per heavy atom. The molecule has 1 aliphatic heterocycles. The Bertz CT molecular complexity index is 413. The number of nitrogens with zero attached hydrogens (tertiary/aromatic N) is 1. The van der Waals surface area contributed by atoms with Crippen LogP contribution in [0, 0.1) is 6.92 Å². The Morgan fingerprint density at radius 3 is 2.53 bits per heavy atom. The van der Waals surface area contributed by atoms with Gasteiger partial charge in [-0.05, 0) is 26.0 Å². The Balaban J connectivity index is 1.83. The third kappa shape index (κ3) is 4.31. The predicted octanol–water partition coefficient (Wildman–Crippen LogP) is 1.16. The molecule has 0 spiro atoms. The molecule has 1 aromatic rings. The topological polar surface area (TPSA) is 53.6 Å². The summed E-state index contributed by atoms with van der Waals surface area (Å²) in [6.45, 7) is 6.91. The lowest BCUT2D eigenvalue weighted by Gasteiger charge is -2.29. The van der Waals surface area contributed by atoms with E-state index >= 15 is 0 Å². The van der Waals surface area contributed by atoms with Gasteiger partial charge >= 0.3 is 0 Å². The summed E-state index contributed by atoms with van der Waals surface area (Å²) in [7, 11) is 0. The molecule has 0 saturated carbocycles. The molecule has 0 aromatic heterocycles. The highest BCUT2D eigenvalue weighted by molar-refractivity contribution is 5.94. The van der Waals surface area contributed by atoms with Crippen LogP contribution in [0.3, 0.4) is 0 Å². The van der Waals surface area contributed by atoms with Gasteiger partial charge in [-0.3, -0.25) is 4.79 Å². The second kappa shape index (κ2) is 6.65. The molecule has 1 fully saturated rings. The average molecular weight is 263 g/mol. The summed E-state index contributed by atoms with van der Waals surface area (Å²) >= 11 is 0. The van der Waals surface area contributed by atoms with Crippen molar-refractivity contribution >= 4 is 11.6 Å². The molecule has 5 heteroatoms. The minimum atomic E-state index is -0.264. The van der Waals surface area contributed by atoms with Crippen LogP contribution in [0.4, 0.5) is 5.69 Å². The maximum Gasteiger partial charge on any atom is 0.242 e. The smallest absolute Gasteiger partial charge is 0.242 e. The van der Waals surface area contributed by atoms with Gasteiger partial charge in [-0.15, -0.1) is 0 Å². The van der Waals surface area contributed by atoms with Crippen LogP contribution in [-0.2, 0) is 9.53 Å². The standard InChI is InChI=1S/C14H21N3O2/c1-11-3-5-13(6-4-11)15-14(18)12(2)16-17-7-9-19-10-8-17/h3-6,12,16H,7-10H2,1-2H3,(H,15,18). The van der Waals surface area contributed by atoms with Crippen molar-refractivity contribution in [2.45, 2.75) is 19.9 Å². The molecule has 104 valence electrons. The quantitative estimate of drug-likeness (QED) is 0.856. The Morgan fingerprint density at radius 2 is 1.89 bits per heavy atom. The van der Waals surface area contributed by atoms with Crippen molar-refractivity contribution in [3.63, 3.8) is 0 Å². The molecule has 2 rings (SSSR count). The van der Waals surface area contributed by atoms with Crippen molar-refractivity contribution < 1.29 is 9.53 Å². The summed E-state index contributed by atoms with van der Waals surface area (Å²) in [5, 5.41) is 4.93. The Kier molecular flexibility index (Phi) is 4.90. The largest absolute Gasteiger partial charge is 0.379 e. The first-order valence-corrected chi connectivity index (χ1v) is 6.61. The maximum atomic E-state index is 12.0. The third-order valence-electron chi connectivity index (χ3n) is 3.10. The molecule has 1 unspecified atom stereocenters. The number of hydrogen-bond donors (Lipinski definition) is 2. The maximum absolute atomic E-state index is 12.0. The molecule has 0 aliphatic carbocycles. The first kappa shape index (κ1) is 14.0. The van der Waals surface area contributed by atoms with E-state index < -0.39 is 0 Å². The van der Waals surface area contributed by atoms with Crippen LogP contribution in [0.1, 0.15) is 12.5 Å². The van der Waals surface area contributed by atoms with E-state index in [-0.39, 0.29) is 11.9 Å². The van der Waals surface area contributed by atoms with Crippen LogP contribution >= 0.6 is 0 Å². The number of anilines is 1. The van der Waals surface area contributed by atoms with Crippen LogP contribution in [-0.4, -0.2) is 43.3 Å². The fraction of sp³-hybridized carbons (Fsp3) is 0.500. The van der Waals surface area contributed by atoms with E-state index in [4.69, 9.17) is 4.74 Å². The first-order chi connectivity index (χ1) is 9.15. The molecule has 1 aliphatic rings. The van der Waals surface area contributed by atoms with Crippen LogP contribution in [0.2, 0.25) is 0 Å². The van der Waals surface area contributed by atoms with E-state index in [9.17, 15) is 4.79 Å². The lowest BCUT2D eigenvalue weighted by atomic mass is 10.2. The zero-order chi connectivity index (χ0) is 13.7. The minimum Gasteiger partial charge on any atom is -0.379 e. The number of carbonyl (C=O) groups is 1. The zero-order valence-electron chi connectivity index (χ0n) is 11.5. The first-order valence-electron chi connectivity index (χ1n) is 6.61. The van der Waals surface area contributed by atoms with Crippen LogP contribution in [0.25, 0.3) is 0 Å². The molecule has 5 nitrogen and oxygen atoms in total. The molecule has 19 heavy (non-hydrogen) atoms. The minimum absolute atomic E-state index is 0.0321. The molecular formula is C14H21N3O2. The highest BCUT2D eigenvalue weighted by Gasteiger charge is 2.17. The number of aryl methyl sites for hydroxylation is 1. The number of nitrogens with one attached hydrogen (secondary N) is 2. The van der Waals surface area contributed by atoms with E-state index in [2.05, 4.69) is 10.7 Å². The highest BCUT2D eigenvalue weighted by Crippen LogP contribution is 2.09. The zero-order valence-corrected chi connectivity index (χ0v) is 11.5. The number of morpholine rings is 1. The number of ether oxygens (including phenoxy) is 1. The molecule has 1 heterocycles. The van der Waals surface area contributed by atoms with Gasteiger partial charge in [0.1, 0.15) is 0 Å². The molecule has 0 bridgehead atoms. The summed E-state index contributed by atoms with van der Waals surface area (Å²) in [5.74, 6) is -0.0321. The van der Waals surface area contributed by atoms with Gasteiger partial charge in [0.05, 0.1) is 19.3 Å². The normalized spacial score (nSPS) is 18.0.